The predicted molar refractivity (Wildman–Crippen MR) is 135 cm³/mol. The fourth-order valence-electron chi connectivity index (χ4n) is 5.31. The van der Waals surface area contributed by atoms with E-state index in [0.717, 1.165) is 28.1 Å². The Morgan fingerprint density at radius 3 is 2.69 bits per heavy atom. The number of amides is 1. The van der Waals surface area contributed by atoms with Crippen molar-refractivity contribution in [2.24, 2.45) is 0 Å². The zero-order valence-electron chi connectivity index (χ0n) is 20.4. The largest absolute Gasteiger partial charge is 0.477 e. The highest BCUT2D eigenvalue weighted by Gasteiger charge is 2.45. The lowest BCUT2D eigenvalue weighted by Crippen LogP contribution is -2.41. The molecule has 0 bridgehead atoms. The Kier molecular flexibility index (Phi) is 5.62. The molecule has 9 heteroatoms. The van der Waals surface area contributed by atoms with Crippen LogP contribution in [-0.4, -0.2) is 64.5 Å². The van der Waals surface area contributed by atoms with E-state index in [1.807, 2.05) is 40.7 Å². The van der Waals surface area contributed by atoms with Crippen LogP contribution >= 0.6 is 0 Å². The molecule has 1 saturated heterocycles. The lowest BCUT2D eigenvalue weighted by Gasteiger charge is -2.37. The van der Waals surface area contributed by atoms with Crippen LogP contribution in [0.3, 0.4) is 0 Å². The number of benzene rings is 1. The third-order valence-corrected chi connectivity index (χ3v) is 6.86. The van der Waals surface area contributed by atoms with Gasteiger partial charge < -0.3 is 14.4 Å². The second-order valence-corrected chi connectivity index (χ2v) is 9.01. The van der Waals surface area contributed by atoms with Gasteiger partial charge in [-0.25, -0.2) is 19.2 Å². The summed E-state index contributed by atoms with van der Waals surface area (Å²) in [7, 11) is 0. The van der Waals surface area contributed by atoms with Gasteiger partial charge in [-0.3, -0.25) is 9.47 Å². The lowest BCUT2D eigenvalue weighted by atomic mass is 9.99. The second kappa shape index (κ2) is 8.96. The van der Waals surface area contributed by atoms with E-state index >= 15 is 0 Å². The van der Waals surface area contributed by atoms with E-state index in [2.05, 4.69) is 12.1 Å². The summed E-state index contributed by atoms with van der Waals surface area (Å²) in [4.78, 5) is 26.1. The summed E-state index contributed by atoms with van der Waals surface area (Å²) < 4.78 is 27.6. The SMILES string of the molecule is CCOC(=O)N1CCc2nc(-c3c(-c4ccccc4)ccnc3N3CC[C@H](F)C3)n3c2C1=C3OCC. The average Bonchev–Trinajstić information content (AvgIpc) is 3.49. The van der Waals surface area contributed by atoms with Crippen LogP contribution in [0.5, 0.6) is 0 Å². The minimum absolute atomic E-state index is 0.300. The minimum atomic E-state index is -0.885. The molecule has 3 aromatic rings. The highest BCUT2D eigenvalue weighted by molar-refractivity contribution is 6.00. The van der Waals surface area contributed by atoms with Gasteiger partial charge >= 0.3 is 6.09 Å². The topological polar surface area (TPSA) is 72.7 Å². The molecule has 6 rings (SSSR count). The van der Waals surface area contributed by atoms with Crippen LogP contribution in [0.25, 0.3) is 34.1 Å². The Morgan fingerprint density at radius 2 is 1.97 bits per heavy atom. The Hall–Kier alpha value is -3.88. The monoisotopic (exact) mass is 489 g/mol. The van der Waals surface area contributed by atoms with Crippen LogP contribution in [0.2, 0.25) is 0 Å². The number of aromatic nitrogens is 3. The zero-order chi connectivity index (χ0) is 24.8. The van der Waals surface area contributed by atoms with Crippen molar-refractivity contribution in [2.75, 3.05) is 37.7 Å². The molecule has 36 heavy (non-hydrogen) atoms. The van der Waals surface area contributed by atoms with Gasteiger partial charge in [0.2, 0.25) is 5.88 Å². The number of hydrogen-bond donors (Lipinski definition) is 0. The van der Waals surface area contributed by atoms with Gasteiger partial charge in [0.1, 0.15) is 23.4 Å². The van der Waals surface area contributed by atoms with E-state index < -0.39 is 6.17 Å². The molecule has 0 saturated carbocycles. The number of imidazole rings is 1. The molecule has 1 atom stereocenters. The number of carbonyl (C=O) groups excluding carboxylic acids is 1. The summed E-state index contributed by atoms with van der Waals surface area (Å²) in [6, 6.07) is 12.1. The first kappa shape index (κ1) is 22.6. The zero-order valence-corrected chi connectivity index (χ0v) is 20.4. The summed E-state index contributed by atoms with van der Waals surface area (Å²) in [5, 5.41) is 0. The molecule has 5 heterocycles. The molecule has 0 unspecified atom stereocenters. The number of carbonyl (C=O) groups is 1. The van der Waals surface area contributed by atoms with E-state index in [0.29, 0.717) is 68.9 Å². The first-order valence-corrected chi connectivity index (χ1v) is 12.5. The third kappa shape index (κ3) is 3.44. The number of alkyl halides is 1. The lowest BCUT2D eigenvalue weighted by molar-refractivity contribution is 0.122. The van der Waals surface area contributed by atoms with E-state index in [-0.39, 0.29) is 6.09 Å². The Bertz CT molecular complexity index is 1350. The second-order valence-electron chi connectivity index (χ2n) is 9.01. The summed E-state index contributed by atoms with van der Waals surface area (Å²) in [5.74, 6) is 1.98. The fourth-order valence-corrected chi connectivity index (χ4v) is 5.31. The molecular formula is C27H28FN5O3. The van der Waals surface area contributed by atoms with Crippen molar-refractivity contribution in [3.63, 3.8) is 0 Å². The van der Waals surface area contributed by atoms with Gasteiger partial charge in [0.25, 0.3) is 0 Å². The summed E-state index contributed by atoms with van der Waals surface area (Å²) >= 11 is 0. The molecule has 1 amide bonds. The van der Waals surface area contributed by atoms with E-state index in [4.69, 9.17) is 19.4 Å². The minimum Gasteiger partial charge on any atom is -0.477 e. The molecule has 1 aromatic carbocycles. The average molecular weight is 490 g/mol. The van der Waals surface area contributed by atoms with Crippen LogP contribution in [0.1, 0.15) is 31.7 Å². The first-order chi connectivity index (χ1) is 17.6. The van der Waals surface area contributed by atoms with Gasteiger partial charge in [-0.15, -0.1) is 0 Å². The van der Waals surface area contributed by atoms with Crippen molar-refractivity contribution in [2.45, 2.75) is 32.9 Å². The third-order valence-electron chi connectivity index (χ3n) is 6.86. The first-order valence-electron chi connectivity index (χ1n) is 12.5. The fraction of sp³-hybridized carbons (Fsp3) is 0.370. The highest BCUT2D eigenvalue weighted by atomic mass is 19.1. The predicted octanol–water partition coefficient (Wildman–Crippen LogP) is 4.81. The molecule has 1 fully saturated rings. The Morgan fingerprint density at radius 1 is 1.14 bits per heavy atom. The highest BCUT2D eigenvalue weighted by Crippen LogP contribution is 2.49. The van der Waals surface area contributed by atoms with Crippen molar-refractivity contribution < 1.29 is 18.7 Å². The number of hydrogen-bond acceptors (Lipinski definition) is 6. The van der Waals surface area contributed by atoms with Gasteiger partial charge in [-0.1, -0.05) is 30.3 Å². The van der Waals surface area contributed by atoms with E-state index in [9.17, 15) is 9.18 Å². The molecule has 0 radical (unpaired) electrons. The smallest absolute Gasteiger partial charge is 0.414 e. The van der Waals surface area contributed by atoms with Gasteiger partial charge in [-0.05, 0) is 37.5 Å². The standard InChI is InChI=1S/C27H28FN5O3/c1-3-35-26-23-22-20(12-15-32(23)27(34)36-4-2)30-25(33(22)26)21-19(17-8-6-5-7-9-17)10-13-29-24(21)31-14-11-18(28)16-31/h5-10,13,18H,3-4,11-12,14-16H2,1-2H3/t18-/m0/s1. The number of ether oxygens (including phenoxy) is 2. The molecule has 2 aromatic heterocycles. The number of halogens is 1. The Labute approximate surface area is 209 Å². The van der Waals surface area contributed by atoms with Crippen molar-refractivity contribution in [3.8, 4) is 22.5 Å². The van der Waals surface area contributed by atoms with Crippen molar-refractivity contribution >= 4 is 23.5 Å². The molecule has 0 aliphatic carbocycles. The molecule has 8 nitrogen and oxygen atoms in total. The summed E-state index contributed by atoms with van der Waals surface area (Å²) in [6.07, 6.45) is 1.58. The number of anilines is 1. The van der Waals surface area contributed by atoms with Gasteiger partial charge in [0.05, 0.1) is 31.0 Å². The normalized spacial score (nSPS) is 18.2. The van der Waals surface area contributed by atoms with Crippen LogP contribution < -0.4 is 4.90 Å². The maximum absolute atomic E-state index is 14.3. The van der Waals surface area contributed by atoms with Gasteiger partial charge in [-0.2, -0.15) is 0 Å². The quantitative estimate of drug-likeness (QED) is 0.495. The molecule has 3 aliphatic rings. The van der Waals surface area contributed by atoms with Crippen LogP contribution in [-0.2, 0) is 15.9 Å². The maximum Gasteiger partial charge on any atom is 0.414 e. The maximum atomic E-state index is 14.3. The van der Waals surface area contributed by atoms with E-state index in [1.165, 1.54) is 0 Å². The number of pyridine rings is 1. The van der Waals surface area contributed by atoms with Gasteiger partial charge in [0, 0.05) is 25.7 Å². The Balaban J connectivity index is 1.55. The number of nitrogens with zero attached hydrogens (tertiary/aromatic N) is 5. The van der Waals surface area contributed by atoms with Crippen LogP contribution in [0.15, 0.2) is 42.6 Å². The van der Waals surface area contributed by atoms with Gasteiger partial charge in [0.15, 0.2) is 5.82 Å². The molecule has 0 spiro atoms. The van der Waals surface area contributed by atoms with Crippen molar-refractivity contribution in [1.29, 1.82) is 0 Å². The van der Waals surface area contributed by atoms with Crippen LogP contribution in [0.4, 0.5) is 15.0 Å². The van der Waals surface area contributed by atoms with E-state index in [1.54, 1.807) is 18.0 Å². The molecule has 3 aliphatic heterocycles. The molecular weight excluding hydrogens is 461 g/mol. The van der Waals surface area contributed by atoms with Crippen LogP contribution in [0, 0.1) is 0 Å². The molecule has 0 N–H and O–H groups in total. The van der Waals surface area contributed by atoms with Crippen molar-refractivity contribution in [1.82, 2.24) is 19.4 Å². The summed E-state index contributed by atoms with van der Waals surface area (Å²) in [5.41, 5.74) is 5.32. The molecule has 186 valence electrons. The van der Waals surface area contributed by atoms with Crippen molar-refractivity contribution in [3.05, 3.63) is 54.0 Å². The summed E-state index contributed by atoms with van der Waals surface area (Å²) in [6.45, 7) is 5.80. The number of rotatable bonds is 6.